The second kappa shape index (κ2) is 4.79. The topological polar surface area (TPSA) is 94.2 Å². The molecule has 2 unspecified atom stereocenters. The molecule has 1 aromatic carbocycles. The van der Waals surface area contributed by atoms with Gasteiger partial charge in [0.25, 0.3) is 0 Å². The molecule has 1 heterocycles. The van der Waals surface area contributed by atoms with Crippen LogP contribution in [0.3, 0.4) is 0 Å². The SMILES string of the molecule is COc1cc(C(O)C(N)CO)cc2c1OCO2. The van der Waals surface area contributed by atoms with Gasteiger partial charge in [0.1, 0.15) is 0 Å². The number of ether oxygens (including phenoxy) is 3. The fourth-order valence-electron chi connectivity index (χ4n) is 1.67. The van der Waals surface area contributed by atoms with E-state index in [1.54, 1.807) is 12.1 Å². The monoisotopic (exact) mass is 241 g/mol. The highest BCUT2D eigenvalue weighted by Crippen LogP contribution is 2.43. The number of hydrogen-bond acceptors (Lipinski definition) is 6. The molecular weight excluding hydrogens is 226 g/mol. The highest BCUT2D eigenvalue weighted by molar-refractivity contribution is 5.55. The van der Waals surface area contributed by atoms with Crippen LogP contribution in [-0.2, 0) is 0 Å². The van der Waals surface area contributed by atoms with E-state index in [0.717, 1.165) is 0 Å². The Labute approximate surface area is 98.5 Å². The first-order chi connectivity index (χ1) is 8.17. The van der Waals surface area contributed by atoms with E-state index in [0.29, 0.717) is 22.8 Å². The van der Waals surface area contributed by atoms with Gasteiger partial charge in [-0.2, -0.15) is 0 Å². The van der Waals surface area contributed by atoms with Crippen molar-refractivity contribution < 1.29 is 24.4 Å². The van der Waals surface area contributed by atoms with Crippen LogP contribution in [0.25, 0.3) is 0 Å². The second-order valence-electron chi connectivity index (χ2n) is 3.75. The third kappa shape index (κ3) is 2.14. The summed E-state index contributed by atoms with van der Waals surface area (Å²) in [5.74, 6) is 1.49. The molecule has 1 aliphatic rings. The summed E-state index contributed by atoms with van der Waals surface area (Å²) in [6.07, 6.45) is -0.983. The minimum absolute atomic E-state index is 0.122. The second-order valence-corrected chi connectivity index (χ2v) is 3.75. The normalized spacial score (nSPS) is 16.7. The number of fused-ring (bicyclic) bond motifs is 1. The molecule has 1 aliphatic heterocycles. The van der Waals surface area contributed by atoms with Crippen molar-refractivity contribution in [1.29, 1.82) is 0 Å². The molecule has 4 N–H and O–H groups in total. The predicted octanol–water partition coefficient (Wildman–Crippen LogP) is -0.223. The summed E-state index contributed by atoms with van der Waals surface area (Å²) in [6, 6.07) is 2.50. The Morgan fingerprint density at radius 2 is 2.24 bits per heavy atom. The molecule has 0 saturated carbocycles. The molecule has 0 radical (unpaired) electrons. The van der Waals surface area contributed by atoms with Crippen LogP contribution in [0.15, 0.2) is 12.1 Å². The number of aliphatic hydroxyl groups is 2. The first-order valence-electron chi connectivity index (χ1n) is 5.19. The van der Waals surface area contributed by atoms with Gasteiger partial charge < -0.3 is 30.2 Å². The molecule has 94 valence electrons. The third-order valence-electron chi connectivity index (χ3n) is 2.64. The zero-order chi connectivity index (χ0) is 12.4. The Bertz CT molecular complexity index is 409. The molecule has 2 rings (SSSR count). The smallest absolute Gasteiger partial charge is 0.231 e. The highest BCUT2D eigenvalue weighted by Gasteiger charge is 2.24. The molecule has 17 heavy (non-hydrogen) atoms. The number of nitrogens with two attached hydrogens (primary N) is 1. The average Bonchev–Trinajstić information content (AvgIpc) is 2.83. The lowest BCUT2D eigenvalue weighted by molar-refractivity contribution is 0.109. The standard InChI is InChI=1S/C11H15NO5/c1-15-8-2-6(10(14)7(12)4-13)3-9-11(8)17-5-16-9/h2-3,7,10,13-14H,4-5,12H2,1H3. The van der Waals surface area contributed by atoms with E-state index in [1.165, 1.54) is 7.11 Å². The van der Waals surface area contributed by atoms with Gasteiger partial charge in [-0.05, 0) is 17.7 Å². The van der Waals surface area contributed by atoms with Gasteiger partial charge in [0.2, 0.25) is 12.5 Å². The van der Waals surface area contributed by atoms with Crippen molar-refractivity contribution in [2.45, 2.75) is 12.1 Å². The molecule has 0 aromatic heterocycles. The van der Waals surface area contributed by atoms with E-state index >= 15 is 0 Å². The van der Waals surface area contributed by atoms with Crippen LogP contribution >= 0.6 is 0 Å². The van der Waals surface area contributed by atoms with E-state index in [-0.39, 0.29) is 13.4 Å². The van der Waals surface area contributed by atoms with Crippen molar-refractivity contribution in [3.8, 4) is 17.2 Å². The average molecular weight is 241 g/mol. The summed E-state index contributed by atoms with van der Waals surface area (Å²) in [5, 5.41) is 18.8. The minimum atomic E-state index is -0.983. The van der Waals surface area contributed by atoms with Crippen molar-refractivity contribution in [2.24, 2.45) is 5.73 Å². The van der Waals surface area contributed by atoms with Crippen molar-refractivity contribution in [3.05, 3.63) is 17.7 Å². The quantitative estimate of drug-likeness (QED) is 0.674. The molecule has 0 aliphatic carbocycles. The zero-order valence-electron chi connectivity index (χ0n) is 9.42. The number of methoxy groups -OCH3 is 1. The van der Waals surface area contributed by atoms with Crippen molar-refractivity contribution >= 4 is 0 Å². The van der Waals surface area contributed by atoms with Crippen LogP contribution in [0.5, 0.6) is 17.2 Å². The molecule has 0 amide bonds. The lowest BCUT2D eigenvalue weighted by Crippen LogP contribution is -2.31. The molecule has 0 spiro atoms. The number of hydrogen-bond donors (Lipinski definition) is 3. The van der Waals surface area contributed by atoms with Crippen LogP contribution in [0.1, 0.15) is 11.7 Å². The van der Waals surface area contributed by atoms with Gasteiger partial charge in [0, 0.05) is 0 Å². The molecule has 2 atom stereocenters. The van der Waals surface area contributed by atoms with Crippen LogP contribution in [0.4, 0.5) is 0 Å². The lowest BCUT2D eigenvalue weighted by Gasteiger charge is -2.18. The minimum Gasteiger partial charge on any atom is -0.493 e. The van der Waals surface area contributed by atoms with Gasteiger partial charge >= 0.3 is 0 Å². The van der Waals surface area contributed by atoms with Crippen LogP contribution < -0.4 is 19.9 Å². The predicted molar refractivity (Wildman–Crippen MR) is 59.1 cm³/mol. The van der Waals surface area contributed by atoms with Gasteiger partial charge in [-0.25, -0.2) is 0 Å². The Morgan fingerprint density at radius 3 is 2.88 bits per heavy atom. The fraction of sp³-hybridized carbons (Fsp3) is 0.455. The Kier molecular flexibility index (Phi) is 3.37. The van der Waals surface area contributed by atoms with Crippen molar-refractivity contribution in [3.63, 3.8) is 0 Å². The van der Waals surface area contributed by atoms with E-state index in [1.807, 2.05) is 0 Å². The highest BCUT2D eigenvalue weighted by atomic mass is 16.7. The van der Waals surface area contributed by atoms with Gasteiger partial charge in [-0.1, -0.05) is 0 Å². The largest absolute Gasteiger partial charge is 0.493 e. The Balaban J connectivity index is 2.36. The number of benzene rings is 1. The molecule has 0 bridgehead atoms. The van der Waals surface area contributed by atoms with Gasteiger partial charge in [0.15, 0.2) is 11.5 Å². The molecule has 6 nitrogen and oxygen atoms in total. The van der Waals surface area contributed by atoms with E-state index in [9.17, 15) is 5.11 Å². The fourth-order valence-corrected chi connectivity index (χ4v) is 1.67. The molecule has 0 fully saturated rings. The maximum atomic E-state index is 9.90. The van der Waals surface area contributed by atoms with Gasteiger partial charge in [-0.15, -0.1) is 0 Å². The lowest BCUT2D eigenvalue weighted by atomic mass is 10.0. The molecule has 6 heteroatoms. The van der Waals surface area contributed by atoms with Crippen LogP contribution in [-0.4, -0.2) is 36.8 Å². The summed E-state index contributed by atoms with van der Waals surface area (Å²) in [5.41, 5.74) is 6.09. The molecular formula is C11H15NO5. The summed E-state index contributed by atoms with van der Waals surface area (Å²) >= 11 is 0. The third-order valence-corrected chi connectivity index (χ3v) is 2.64. The first kappa shape index (κ1) is 12.0. The first-order valence-corrected chi connectivity index (χ1v) is 5.19. The Hall–Kier alpha value is -1.50. The molecule has 0 saturated heterocycles. The number of aliphatic hydroxyl groups excluding tert-OH is 2. The Morgan fingerprint density at radius 1 is 1.47 bits per heavy atom. The number of rotatable bonds is 4. The van der Waals surface area contributed by atoms with Crippen LogP contribution in [0, 0.1) is 0 Å². The molecule has 1 aromatic rings. The van der Waals surface area contributed by atoms with Crippen molar-refractivity contribution in [2.75, 3.05) is 20.5 Å². The summed E-state index contributed by atoms with van der Waals surface area (Å²) in [7, 11) is 1.50. The summed E-state index contributed by atoms with van der Waals surface area (Å²) in [4.78, 5) is 0. The van der Waals surface area contributed by atoms with E-state index in [4.69, 9.17) is 25.1 Å². The van der Waals surface area contributed by atoms with E-state index < -0.39 is 12.1 Å². The summed E-state index contributed by atoms with van der Waals surface area (Å²) < 4.78 is 15.6. The van der Waals surface area contributed by atoms with Crippen LogP contribution in [0.2, 0.25) is 0 Å². The maximum Gasteiger partial charge on any atom is 0.231 e. The van der Waals surface area contributed by atoms with Crippen molar-refractivity contribution in [1.82, 2.24) is 0 Å². The van der Waals surface area contributed by atoms with E-state index in [2.05, 4.69) is 0 Å². The zero-order valence-corrected chi connectivity index (χ0v) is 9.42. The summed E-state index contributed by atoms with van der Waals surface area (Å²) in [6.45, 7) is -0.185. The van der Waals surface area contributed by atoms with Gasteiger partial charge in [0.05, 0.1) is 25.9 Å². The van der Waals surface area contributed by atoms with Gasteiger partial charge in [-0.3, -0.25) is 0 Å². The maximum absolute atomic E-state index is 9.90.